The Morgan fingerprint density at radius 1 is 0.739 bits per heavy atom. The van der Waals surface area contributed by atoms with Crippen molar-refractivity contribution in [1.82, 2.24) is 0 Å². The molecule has 0 radical (unpaired) electrons. The van der Waals surface area contributed by atoms with Crippen LogP contribution < -0.4 is 0 Å². The summed E-state index contributed by atoms with van der Waals surface area (Å²) in [5.74, 6) is 0. The molecule has 0 saturated carbocycles. The van der Waals surface area contributed by atoms with Gasteiger partial charge in [0, 0.05) is 0 Å². The van der Waals surface area contributed by atoms with E-state index in [0.717, 1.165) is 52.1 Å². The Morgan fingerprint density at radius 3 is 1.17 bits per heavy atom. The molecule has 0 heterocycles. The molecular weight excluding hydrogens is 361 g/mol. The number of hydrogen-bond acceptors (Lipinski definition) is 0. The van der Waals surface area contributed by atoms with Crippen LogP contribution in [-0.4, -0.2) is 39.3 Å². The molecule has 0 amide bonds. The molecular formula is C19H39N3Zr. The van der Waals surface area contributed by atoms with E-state index < -0.39 is 0 Å². The Kier molecular flexibility index (Phi) is 45.6. The fraction of sp³-hybridized carbons (Fsp3) is 0.789. The molecule has 23 heavy (non-hydrogen) atoms. The molecule has 0 aliphatic heterocycles. The smallest absolute Gasteiger partial charge is 0.663 e. The molecule has 0 aromatic heterocycles. The van der Waals surface area contributed by atoms with Gasteiger partial charge in [-0.1, -0.05) is 54.9 Å². The predicted octanol–water partition coefficient (Wildman–Crippen LogP) is 6.28. The van der Waals surface area contributed by atoms with Crippen LogP contribution >= 0.6 is 0 Å². The first-order valence-corrected chi connectivity index (χ1v) is 8.83. The molecule has 0 atom stereocenters. The van der Waals surface area contributed by atoms with E-state index in [2.05, 4.69) is 41.1 Å². The largest absolute Gasteiger partial charge is 4.00 e. The summed E-state index contributed by atoms with van der Waals surface area (Å²) in [7, 11) is 0. The number of allylic oxidation sites excluding steroid dienone is 4. The summed E-state index contributed by atoms with van der Waals surface area (Å²) in [5, 5.41) is 11.9. The minimum Gasteiger partial charge on any atom is -0.663 e. The molecule has 0 bridgehead atoms. The van der Waals surface area contributed by atoms with Gasteiger partial charge >= 0.3 is 26.2 Å². The van der Waals surface area contributed by atoms with Gasteiger partial charge in [0.2, 0.25) is 0 Å². The summed E-state index contributed by atoms with van der Waals surface area (Å²) >= 11 is 0. The zero-order chi connectivity index (χ0) is 17.5. The van der Waals surface area contributed by atoms with Gasteiger partial charge in [0.15, 0.2) is 0 Å². The first kappa shape index (κ1) is 31.1. The summed E-state index contributed by atoms with van der Waals surface area (Å²) in [6, 6.07) is 0. The Hall–Kier alpha value is 0.243. The third kappa shape index (κ3) is 39.2. The van der Waals surface area contributed by atoms with Crippen LogP contribution in [0.2, 0.25) is 0 Å². The molecule has 4 heteroatoms. The van der Waals surface area contributed by atoms with E-state index >= 15 is 0 Å². The van der Waals surface area contributed by atoms with Crippen molar-refractivity contribution in [3.8, 4) is 0 Å². The average molecular weight is 401 g/mol. The molecule has 0 aromatic carbocycles. The Labute approximate surface area is 166 Å². The Balaban J connectivity index is -0.000000105. The third-order valence-corrected chi connectivity index (χ3v) is 2.49. The molecule has 0 unspecified atom stereocenters. The second-order valence-electron chi connectivity index (χ2n) is 4.23. The monoisotopic (exact) mass is 399 g/mol. The molecule has 0 fully saturated rings. The summed E-state index contributed by atoms with van der Waals surface area (Å²) in [6.07, 6.45) is 9.65. The average Bonchev–Trinajstić information content (AvgIpc) is 3.05. The van der Waals surface area contributed by atoms with E-state index in [9.17, 15) is 0 Å². The maximum Gasteiger partial charge on any atom is 4.00 e. The van der Waals surface area contributed by atoms with Crippen molar-refractivity contribution < 1.29 is 26.2 Å². The van der Waals surface area contributed by atoms with E-state index in [0.29, 0.717) is 0 Å². The van der Waals surface area contributed by atoms with Gasteiger partial charge in [-0.3, -0.25) is 6.08 Å². The number of hydrogen-bond donors (Lipinski definition) is 0. The van der Waals surface area contributed by atoms with Crippen molar-refractivity contribution >= 4 is 0 Å². The fourth-order valence-corrected chi connectivity index (χ4v) is 1.36. The van der Waals surface area contributed by atoms with Gasteiger partial charge in [0.1, 0.15) is 0 Å². The fourth-order valence-electron chi connectivity index (χ4n) is 1.36. The number of nitrogens with zero attached hydrogens (tertiary/aromatic N) is 3. The number of rotatable bonds is 7. The first-order valence-electron chi connectivity index (χ1n) is 8.83. The van der Waals surface area contributed by atoms with Crippen LogP contribution in [0.4, 0.5) is 0 Å². The van der Waals surface area contributed by atoms with Crippen molar-refractivity contribution in [3.05, 3.63) is 39.8 Å². The Morgan fingerprint density at radius 2 is 1.09 bits per heavy atom. The second-order valence-corrected chi connectivity index (χ2v) is 4.23. The predicted molar refractivity (Wildman–Crippen MR) is 104 cm³/mol. The summed E-state index contributed by atoms with van der Waals surface area (Å²) in [5.41, 5.74) is 1.36. The molecule has 0 saturated heterocycles. The van der Waals surface area contributed by atoms with Crippen molar-refractivity contribution in [2.24, 2.45) is 0 Å². The summed E-state index contributed by atoms with van der Waals surface area (Å²) in [4.78, 5) is 0. The van der Waals surface area contributed by atoms with Gasteiger partial charge in [-0.05, 0) is 0 Å². The van der Waals surface area contributed by atoms with Crippen molar-refractivity contribution in [1.29, 1.82) is 0 Å². The maximum atomic E-state index is 3.97. The van der Waals surface area contributed by atoms with Crippen LogP contribution in [0.1, 0.15) is 61.3 Å². The van der Waals surface area contributed by atoms with Crippen molar-refractivity contribution in [3.63, 3.8) is 0 Å². The molecule has 1 rings (SSSR count). The van der Waals surface area contributed by atoms with Gasteiger partial charge in [-0.15, -0.1) is 6.42 Å². The van der Waals surface area contributed by atoms with Crippen LogP contribution in [0.15, 0.2) is 17.7 Å². The molecule has 3 nitrogen and oxygen atoms in total. The van der Waals surface area contributed by atoms with Crippen LogP contribution in [0.25, 0.3) is 16.0 Å². The van der Waals surface area contributed by atoms with Crippen LogP contribution in [0.5, 0.6) is 0 Å². The zero-order valence-electron chi connectivity index (χ0n) is 16.7. The van der Waals surface area contributed by atoms with Crippen LogP contribution in [-0.2, 0) is 26.2 Å². The SMILES string of the molecule is CCC1=[C-]CC=C1.CC[N-]CC.CC[N-]CC.CC[N-]CC.[Zr+4]. The zero-order valence-corrected chi connectivity index (χ0v) is 19.1. The molecule has 0 N–H and O–H groups in total. The van der Waals surface area contributed by atoms with E-state index in [-0.39, 0.29) is 26.2 Å². The topological polar surface area (TPSA) is 42.3 Å². The molecule has 0 aromatic rings. The van der Waals surface area contributed by atoms with Gasteiger partial charge in [0.25, 0.3) is 0 Å². The van der Waals surface area contributed by atoms with Crippen molar-refractivity contribution in [2.75, 3.05) is 39.3 Å². The molecule has 134 valence electrons. The normalized spacial score (nSPS) is 10.8. The minimum atomic E-state index is 0. The summed E-state index contributed by atoms with van der Waals surface area (Å²) in [6.45, 7) is 20.2. The third-order valence-electron chi connectivity index (χ3n) is 2.49. The van der Waals surface area contributed by atoms with Gasteiger partial charge in [0.05, 0.1) is 0 Å². The molecule has 1 aliphatic carbocycles. The standard InChI is InChI=1S/C7H9.3C4H10N.Zr/c1-2-7-5-3-4-6-7;3*1-3-5-4-2;/h3,5H,2,4H2,1H3;3*3-4H2,1-2H3;/q4*-1;+4. The summed E-state index contributed by atoms with van der Waals surface area (Å²) < 4.78 is 0. The van der Waals surface area contributed by atoms with E-state index in [1.807, 2.05) is 41.5 Å². The van der Waals surface area contributed by atoms with E-state index in [4.69, 9.17) is 0 Å². The van der Waals surface area contributed by atoms with E-state index in [1.165, 1.54) is 5.57 Å². The van der Waals surface area contributed by atoms with Gasteiger partial charge in [-0.2, -0.15) is 45.3 Å². The molecule has 0 spiro atoms. The first-order chi connectivity index (χ1) is 10.7. The molecule has 1 aliphatic rings. The second kappa shape index (κ2) is 33.8. The minimum absolute atomic E-state index is 0. The van der Waals surface area contributed by atoms with E-state index in [1.54, 1.807) is 0 Å². The van der Waals surface area contributed by atoms with Crippen LogP contribution in [0, 0.1) is 6.08 Å². The van der Waals surface area contributed by atoms with Gasteiger partial charge < -0.3 is 16.0 Å². The quantitative estimate of drug-likeness (QED) is 0.451. The maximum absolute atomic E-state index is 3.97. The van der Waals surface area contributed by atoms with Gasteiger partial charge in [-0.25, -0.2) is 11.6 Å². The van der Waals surface area contributed by atoms with Crippen LogP contribution in [0.3, 0.4) is 0 Å². The Bertz CT molecular complexity index is 208. The van der Waals surface area contributed by atoms with Crippen molar-refractivity contribution in [2.45, 2.75) is 61.3 Å².